The van der Waals surface area contributed by atoms with E-state index in [2.05, 4.69) is 10.6 Å². The van der Waals surface area contributed by atoms with Crippen molar-refractivity contribution in [3.05, 3.63) is 77.9 Å². The summed E-state index contributed by atoms with van der Waals surface area (Å²) >= 11 is 0. The summed E-state index contributed by atoms with van der Waals surface area (Å²) in [7, 11) is 0. The summed E-state index contributed by atoms with van der Waals surface area (Å²) in [6.45, 7) is 6.84. The molecule has 0 aliphatic rings. The van der Waals surface area contributed by atoms with E-state index in [1.54, 1.807) is 60.7 Å². The standard InChI is InChI=1S/C26H28N2O5/c1-4-31-20-14-10-13-19(15-20)26(30)28-22-17-23(32-5-2)21(16-24(22)33-6-3)27-25(29)18-11-8-7-9-12-18/h7-17H,4-6H2,1-3H3,(H,27,29)(H,28,30). The van der Waals surface area contributed by atoms with Gasteiger partial charge in [-0.25, -0.2) is 0 Å². The van der Waals surface area contributed by atoms with E-state index >= 15 is 0 Å². The van der Waals surface area contributed by atoms with Gasteiger partial charge in [0.15, 0.2) is 0 Å². The minimum atomic E-state index is -0.318. The monoisotopic (exact) mass is 448 g/mol. The number of ether oxygens (including phenoxy) is 3. The SMILES string of the molecule is CCOc1cccc(C(=O)Nc2cc(OCC)c(NC(=O)c3ccccc3)cc2OCC)c1. The average Bonchev–Trinajstić information content (AvgIpc) is 2.83. The van der Waals surface area contributed by atoms with Crippen molar-refractivity contribution in [2.45, 2.75) is 20.8 Å². The maximum absolute atomic E-state index is 12.9. The fraction of sp³-hybridized carbons (Fsp3) is 0.231. The van der Waals surface area contributed by atoms with Crippen molar-refractivity contribution in [1.82, 2.24) is 0 Å². The molecule has 33 heavy (non-hydrogen) atoms. The Hall–Kier alpha value is -4.00. The van der Waals surface area contributed by atoms with Gasteiger partial charge in [0.05, 0.1) is 31.2 Å². The van der Waals surface area contributed by atoms with Crippen molar-refractivity contribution in [3.8, 4) is 17.2 Å². The van der Waals surface area contributed by atoms with Crippen LogP contribution in [0.3, 0.4) is 0 Å². The lowest BCUT2D eigenvalue weighted by Gasteiger charge is -2.18. The molecule has 3 aromatic carbocycles. The molecule has 172 valence electrons. The molecule has 0 fully saturated rings. The van der Waals surface area contributed by atoms with Crippen LogP contribution in [0.1, 0.15) is 41.5 Å². The first-order valence-corrected chi connectivity index (χ1v) is 10.9. The molecule has 0 aliphatic carbocycles. The number of amides is 2. The van der Waals surface area contributed by atoms with Crippen LogP contribution < -0.4 is 24.8 Å². The Morgan fingerprint density at radius 2 is 1.15 bits per heavy atom. The summed E-state index contributed by atoms with van der Waals surface area (Å²) in [5.41, 5.74) is 1.85. The van der Waals surface area contributed by atoms with Crippen LogP contribution in [0.2, 0.25) is 0 Å². The minimum absolute atomic E-state index is 0.275. The summed E-state index contributed by atoms with van der Waals surface area (Å²) in [5.74, 6) is 0.857. The van der Waals surface area contributed by atoms with Crippen molar-refractivity contribution in [2.75, 3.05) is 30.5 Å². The third kappa shape index (κ3) is 6.26. The van der Waals surface area contributed by atoms with Gasteiger partial charge in [-0.1, -0.05) is 24.3 Å². The summed E-state index contributed by atoms with van der Waals surface area (Å²) in [5, 5.41) is 5.75. The van der Waals surface area contributed by atoms with Gasteiger partial charge < -0.3 is 24.8 Å². The van der Waals surface area contributed by atoms with Gasteiger partial charge in [0.2, 0.25) is 0 Å². The van der Waals surface area contributed by atoms with E-state index in [4.69, 9.17) is 14.2 Å². The van der Waals surface area contributed by atoms with Crippen molar-refractivity contribution < 1.29 is 23.8 Å². The number of carbonyl (C=O) groups is 2. The van der Waals surface area contributed by atoms with Crippen LogP contribution >= 0.6 is 0 Å². The van der Waals surface area contributed by atoms with Gasteiger partial charge in [-0.3, -0.25) is 9.59 Å². The van der Waals surface area contributed by atoms with E-state index in [0.29, 0.717) is 59.6 Å². The minimum Gasteiger partial charge on any atom is -0.494 e. The van der Waals surface area contributed by atoms with Crippen molar-refractivity contribution in [1.29, 1.82) is 0 Å². The molecule has 2 N–H and O–H groups in total. The molecule has 0 heterocycles. The highest BCUT2D eigenvalue weighted by Gasteiger charge is 2.18. The highest BCUT2D eigenvalue weighted by atomic mass is 16.5. The molecule has 0 saturated carbocycles. The fourth-order valence-electron chi connectivity index (χ4n) is 3.18. The van der Waals surface area contributed by atoms with Gasteiger partial charge in [-0.05, 0) is 51.1 Å². The van der Waals surface area contributed by atoms with Crippen LogP contribution in [0.5, 0.6) is 17.2 Å². The number of carbonyl (C=O) groups excluding carboxylic acids is 2. The lowest BCUT2D eigenvalue weighted by atomic mass is 10.1. The molecule has 0 atom stereocenters. The topological polar surface area (TPSA) is 85.9 Å². The van der Waals surface area contributed by atoms with E-state index in [1.807, 2.05) is 26.8 Å². The molecule has 0 unspecified atom stereocenters. The lowest BCUT2D eigenvalue weighted by molar-refractivity contribution is 0.101. The Morgan fingerprint density at radius 3 is 1.70 bits per heavy atom. The summed E-state index contributed by atoms with van der Waals surface area (Å²) in [6.07, 6.45) is 0. The highest BCUT2D eigenvalue weighted by Crippen LogP contribution is 2.37. The average molecular weight is 449 g/mol. The van der Waals surface area contributed by atoms with Gasteiger partial charge in [0.25, 0.3) is 11.8 Å². The Bertz CT molecular complexity index is 1100. The second-order valence-electron chi connectivity index (χ2n) is 6.95. The molecule has 7 nitrogen and oxygen atoms in total. The number of hydrogen-bond acceptors (Lipinski definition) is 5. The zero-order chi connectivity index (χ0) is 23.6. The number of nitrogens with one attached hydrogen (secondary N) is 2. The zero-order valence-electron chi connectivity index (χ0n) is 19.0. The fourth-order valence-corrected chi connectivity index (χ4v) is 3.18. The first kappa shape index (κ1) is 23.7. The molecule has 0 spiro atoms. The lowest BCUT2D eigenvalue weighted by Crippen LogP contribution is -2.15. The van der Waals surface area contributed by atoms with Crippen LogP contribution in [0.15, 0.2) is 66.7 Å². The zero-order valence-corrected chi connectivity index (χ0v) is 19.0. The second kappa shape index (κ2) is 11.6. The van der Waals surface area contributed by atoms with Crippen LogP contribution in [-0.2, 0) is 0 Å². The molecule has 0 bridgehead atoms. The largest absolute Gasteiger partial charge is 0.494 e. The van der Waals surface area contributed by atoms with Gasteiger partial charge in [0.1, 0.15) is 17.2 Å². The first-order valence-electron chi connectivity index (χ1n) is 10.9. The van der Waals surface area contributed by atoms with E-state index in [9.17, 15) is 9.59 Å². The Labute approximate surface area is 193 Å². The molecular weight excluding hydrogens is 420 g/mol. The predicted octanol–water partition coefficient (Wildman–Crippen LogP) is 5.39. The maximum Gasteiger partial charge on any atom is 0.255 e. The molecule has 0 radical (unpaired) electrons. The normalized spacial score (nSPS) is 10.3. The first-order chi connectivity index (χ1) is 16.0. The van der Waals surface area contributed by atoms with Crippen molar-refractivity contribution in [2.24, 2.45) is 0 Å². The molecular formula is C26H28N2O5. The third-order valence-corrected chi connectivity index (χ3v) is 4.62. The number of benzene rings is 3. The summed E-state index contributed by atoms with van der Waals surface area (Å²) in [6, 6.07) is 19.1. The van der Waals surface area contributed by atoms with Gasteiger partial charge in [-0.2, -0.15) is 0 Å². The van der Waals surface area contributed by atoms with Crippen LogP contribution in [0.4, 0.5) is 11.4 Å². The number of hydrogen-bond donors (Lipinski definition) is 2. The quantitative estimate of drug-likeness (QED) is 0.434. The van der Waals surface area contributed by atoms with E-state index < -0.39 is 0 Å². The highest BCUT2D eigenvalue weighted by molar-refractivity contribution is 6.07. The Kier molecular flexibility index (Phi) is 8.30. The van der Waals surface area contributed by atoms with Crippen LogP contribution in [0.25, 0.3) is 0 Å². The van der Waals surface area contributed by atoms with Gasteiger partial charge in [0, 0.05) is 23.3 Å². The van der Waals surface area contributed by atoms with Gasteiger partial charge >= 0.3 is 0 Å². The predicted molar refractivity (Wildman–Crippen MR) is 129 cm³/mol. The van der Waals surface area contributed by atoms with Crippen molar-refractivity contribution in [3.63, 3.8) is 0 Å². The summed E-state index contributed by atoms with van der Waals surface area (Å²) in [4.78, 5) is 25.6. The molecule has 0 aromatic heterocycles. The molecule has 3 rings (SSSR count). The maximum atomic E-state index is 12.9. The number of rotatable bonds is 10. The number of anilines is 2. The van der Waals surface area contributed by atoms with E-state index in [1.165, 1.54) is 0 Å². The molecule has 0 saturated heterocycles. The Morgan fingerprint density at radius 1 is 0.636 bits per heavy atom. The van der Waals surface area contributed by atoms with E-state index in [-0.39, 0.29) is 11.8 Å². The summed E-state index contributed by atoms with van der Waals surface area (Å²) < 4.78 is 17.0. The second-order valence-corrected chi connectivity index (χ2v) is 6.95. The molecule has 3 aromatic rings. The van der Waals surface area contributed by atoms with E-state index in [0.717, 1.165) is 0 Å². The van der Waals surface area contributed by atoms with Crippen molar-refractivity contribution >= 4 is 23.2 Å². The van der Waals surface area contributed by atoms with Gasteiger partial charge in [-0.15, -0.1) is 0 Å². The van der Waals surface area contributed by atoms with Crippen LogP contribution in [0, 0.1) is 0 Å². The van der Waals surface area contributed by atoms with Crippen LogP contribution in [-0.4, -0.2) is 31.6 Å². The smallest absolute Gasteiger partial charge is 0.255 e. The molecule has 2 amide bonds. The molecule has 7 heteroatoms. The Balaban J connectivity index is 1.91. The third-order valence-electron chi connectivity index (χ3n) is 4.62. The molecule has 0 aliphatic heterocycles.